The quantitative estimate of drug-likeness (QED) is 0.128. The van der Waals surface area contributed by atoms with E-state index in [0.717, 1.165) is 6.42 Å². The maximum Gasteiger partial charge on any atom is 0.0431 e. The van der Waals surface area contributed by atoms with Crippen LogP contribution in [0.3, 0.4) is 0 Å². The second kappa shape index (κ2) is 32.3. The molecule has 0 saturated carbocycles. The zero-order chi connectivity index (χ0) is 21.0. The lowest BCUT2D eigenvalue weighted by atomic mass is 10.1. The van der Waals surface area contributed by atoms with Crippen LogP contribution < -0.4 is 0 Å². The molecule has 0 rings (SSSR count). The van der Waals surface area contributed by atoms with Crippen molar-refractivity contribution in [2.45, 2.75) is 143 Å². The van der Waals surface area contributed by atoms with E-state index in [9.17, 15) is 0 Å². The number of unbranched alkanes of at least 4 members (excludes halogenated alkanes) is 17. The van der Waals surface area contributed by atoms with Crippen LogP contribution in [0.25, 0.3) is 0 Å². The van der Waals surface area contributed by atoms with Gasteiger partial charge < -0.3 is 5.11 Å². The highest BCUT2D eigenvalue weighted by Crippen LogP contribution is 2.25. The summed E-state index contributed by atoms with van der Waals surface area (Å²) in [5.41, 5.74) is 0. The van der Waals surface area contributed by atoms with E-state index < -0.39 is 0 Å². The lowest BCUT2D eigenvalue weighted by Gasteiger charge is -2.04. The molecule has 1 N–H and O–H groups in total. The van der Waals surface area contributed by atoms with Crippen LogP contribution in [0.5, 0.6) is 0 Å². The molecule has 0 aliphatic heterocycles. The molecule has 0 atom stereocenters. The Morgan fingerprint density at radius 2 is 0.714 bits per heavy atom. The third-order valence-corrected chi connectivity index (χ3v) is 7.63. The van der Waals surface area contributed by atoms with E-state index in [-0.39, 0.29) is 0 Å². The van der Waals surface area contributed by atoms with Gasteiger partial charge in [-0.3, -0.25) is 0 Å². The maximum atomic E-state index is 8.73. The Hall–Kier alpha value is 0.660. The topological polar surface area (TPSA) is 20.2 Å². The van der Waals surface area contributed by atoms with Crippen LogP contribution in [0.4, 0.5) is 0 Å². The van der Waals surface area contributed by atoms with E-state index in [4.69, 9.17) is 5.11 Å². The highest BCUT2D eigenvalue weighted by atomic mass is 33.1. The largest absolute Gasteiger partial charge is 0.396 e. The van der Waals surface area contributed by atoms with E-state index >= 15 is 0 Å². The van der Waals surface area contributed by atoms with Gasteiger partial charge in [0.05, 0.1) is 0 Å². The lowest BCUT2D eigenvalue weighted by Crippen LogP contribution is -1.85. The molecule has 0 saturated heterocycles. The average Bonchev–Trinajstić information content (AvgIpc) is 2.73. The Bertz CT molecular complexity index is 213. The minimum Gasteiger partial charge on any atom is -0.396 e. The van der Waals surface area contributed by atoms with Gasteiger partial charge in [-0.05, 0) is 19.3 Å². The third kappa shape index (κ3) is 31.4. The lowest BCUT2D eigenvalue weighted by molar-refractivity contribution is 0.282. The summed E-state index contributed by atoms with van der Waals surface area (Å²) in [5.74, 6) is 2.70. The molecular formula is C25H54OS2. The number of aliphatic hydroxyl groups excluding tert-OH is 1. The van der Waals surface area contributed by atoms with Crippen LogP contribution in [0.1, 0.15) is 143 Å². The summed E-state index contributed by atoms with van der Waals surface area (Å²) in [6.45, 7) is 6.66. The van der Waals surface area contributed by atoms with Crippen molar-refractivity contribution in [2.24, 2.45) is 0 Å². The first-order valence-corrected chi connectivity index (χ1v) is 15.3. The number of rotatable bonds is 23. The van der Waals surface area contributed by atoms with Gasteiger partial charge in [-0.25, -0.2) is 0 Å². The Morgan fingerprint density at radius 1 is 0.429 bits per heavy atom. The van der Waals surface area contributed by atoms with Crippen LogP contribution in [0, 0.1) is 0 Å². The maximum absolute atomic E-state index is 8.73. The molecule has 1 nitrogen and oxygen atoms in total. The van der Waals surface area contributed by atoms with Gasteiger partial charge in [0.15, 0.2) is 0 Å². The summed E-state index contributed by atoms with van der Waals surface area (Å²) in [7, 11) is 4.21. The molecule has 0 amide bonds. The Morgan fingerprint density at radius 3 is 1.04 bits per heavy atom. The normalized spacial score (nSPS) is 10.7. The van der Waals surface area contributed by atoms with Gasteiger partial charge in [0.1, 0.15) is 0 Å². The molecule has 0 radical (unpaired) electrons. The molecule has 0 aromatic heterocycles. The van der Waals surface area contributed by atoms with Crippen molar-refractivity contribution in [1.82, 2.24) is 0 Å². The smallest absolute Gasteiger partial charge is 0.0431 e. The number of hydrogen-bond acceptors (Lipinski definition) is 3. The summed E-state index contributed by atoms with van der Waals surface area (Å²) >= 11 is 0. The minimum absolute atomic E-state index is 0.370. The van der Waals surface area contributed by atoms with Gasteiger partial charge in [0.25, 0.3) is 0 Å². The molecule has 0 spiro atoms. The summed E-state index contributed by atoms with van der Waals surface area (Å²) < 4.78 is 0. The van der Waals surface area contributed by atoms with Gasteiger partial charge in [-0.2, -0.15) is 0 Å². The van der Waals surface area contributed by atoms with E-state index in [0.29, 0.717) is 6.61 Å². The molecule has 0 aliphatic rings. The van der Waals surface area contributed by atoms with Gasteiger partial charge in [0.2, 0.25) is 0 Å². The molecule has 0 aromatic rings. The van der Waals surface area contributed by atoms with E-state index in [1.54, 1.807) is 0 Å². The van der Waals surface area contributed by atoms with Crippen LogP contribution in [0.2, 0.25) is 0 Å². The zero-order valence-electron chi connectivity index (χ0n) is 19.8. The Labute approximate surface area is 187 Å². The predicted octanol–water partition coefficient (Wildman–Crippen LogP) is 9.82. The van der Waals surface area contributed by atoms with E-state index in [1.165, 1.54) is 127 Å². The Kier molecular flexibility index (Phi) is 35.6. The molecule has 0 heterocycles. The van der Waals surface area contributed by atoms with Crippen molar-refractivity contribution in [3.63, 3.8) is 0 Å². The van der Waals surface area contributed by atoms with Crippen molar-refractivity contribution >= 4 is 21.6 Å². The zero-order valence-corrected chi connectivity index (χ0v) is 21.5. The van der Waals surface area contributed by atoms with Crippen LogP contribution in [0.15, 0.2) is 0 Å². The second-order valence-corrected chi connectivity index (χ2v) is 10.4. The van der Waals surface area contributed by atoms with Crippen LogP contribution in [-0.2, 0) is 0 Å². The summed E-state index contributed by atoms with van der Waals surface area (Å²) in [6, 6.07) is 0. The van der Waals surface area contributed by atoms with E-state index in [2.05, 4.69) is 28.5 Å². The predicted molar refractivity (Wildman–Crippen MR) is 137 cm³/mol. The second-order valence-electron chi connectivity index (χ2n) is 7.73. The fourth-order valence-corrected chi connectivity index (χ4v) is 5.57. The molecule has 0 aliphatic carbocycles. The van der Waals surface area contributed by atoms with Gasteiger partial charge >= 0.3 is 0 Å². The number of aliphatic hydroxyl groups is 1. The van der Waals surface area contributed by atoms with Crippen molar-refractivity contribution in [3.8, 4) is 0 Å². The molecule has 28 heavy (non-hydrogen) atoms. The first-order valence-electron chi connectivity index (χ1n) is 12.8. The third-order valence-electron chi connectivity index (χ3n) is 5.05. The molecule has 0 aromatic carbocycles. The standard InChI is InChI=1S/C23H48OS2.C2H6/c1-2-3-4-5-6-7-10-13-16-19-22-25-26-23-20-17-14-11-8-9-12-15-18-21-24;1-2/h24H,2-23H2,1H3;1-2H3. The summed E-state index contributed by atoms with van der Waals surface area (Å²) in [4.78, 5) is 0. The van der Waals surface area contributed by atoms with Crippen LogP contribution >= 0.6 is 21.6 Å². The first kappa shape index (κ1) is 30.9. The van der Waals surface area contributed by atoms with E-state index in [1.807, 2.05) is 13.8 Å². The fraction of sp³-hybridized carbons (Fsp3) is 1.00. The SMILES string of the molecule is CC.CCCCCCCCCCCCSSCCCCCCCCCCCO. The van der Waals surface area contributed by atoms with Gasteiger partial charge in [-0.1, -0.05) is 145 Å². The summed E-state index contributed by atoms with van der Waals surface area (Å²) in [6.07, 6.45) is 26.4. The minimum atomic E-state index is 0.370. The van der Waals surface area contributed by atoms with Crippen LogP contribution in [-0.4, -0.2) is 23.2 Å². The van der Waals surface area contributed by atoms with Crippen molar-refractivity contribution in [3.05, 3.63) is 0 Å². The van der Waals surface area contributed by atoms with Gasteiger partial charge in [-0.15, -0.1) is 0 Å². The first-order chi connectivity index (χ1) is 13.9. The molecule has 0 fully saturated rings. The monoisotopic (exact) mass is 434 g/mol. The molecule has 172 valence electrons. The molecular weight excluding hydrogens is 380 g/mol. The summed E-state index contributed by atoms with van der Waals surface area (Å²) in [5, 5.41) is 8.73. The van der Waals surface area contributed by atoms with Crippen molar-refractivity contribution in [2.75, 3.05) is 18.1 Å². The fourth-order valence-electron chi connectivity index (χ4n) is 3.28. The molecule has 3 heteroatoms. The van der Waals surface area contributed by atoms with Gasteiger partial charge in [0, 0.05) is 18.1 Å². The highest BCUT2D eigenvalue weighted by Gasteiger charge is 1.96. The van der Waals surface area contributed by atoms with Crippen molar-refractivity contribution < 1.29 is 5.11 Å². The highest BCUT2D eigenvalue weighted by molar-refractivity contribution is 8.76. The average molecular weight is 435 g/mol. The number of hydrogen-bond donors (Lipinski definition) is 1. The molecule has 0 bridgehead atoms. The molecule has 0 unspecified atom stereocenters. The van der Waals surface area contributed by atoms with Crippen molar-refractivity contribution in [1.29, 1.82) is 0 Å². The Balaban J connectivity index is 0.